The molecule has 0 radical (unpaired) electrons. The van der Waals surface area contributed by atoms with Crippen molar-refractivity contribution >= 4 is 28.6 Å². The zero-order valence-electron chi connectivity index (χ0n) is 13.7. The molecule has 0 aliphatic carbocycles. The third-order valence-corrected chi connectivity index (χ3v) is 5.11. The first-order valence-electron chi connectivity index (χ1n) is 8.44. The molecule has 4 rings (SSSR count). The van der Waals surface area contributed by atoms with Crippen LogP contribution in [0.4, 0.5) is 10.3 Å². The van der Waals surface area contributed by atoms with Crippen molar-refractivity contribution in [1.29, 1.82) is 0 Å². The average molecular weight is 360 g/mol. The number of rotatable bonds is 3. The Morgan fingerprint density at radius 2 is 1.88 bits per heavy atom. The van der Waals surface area contributed by atoms with Gasteiger partial charge in [-0.15, -0.1) is 0 Å². The summed E-state index contributed by atoms with van der Waals surface area (Å²) in [5.74, 6) is 0.484. The van der Waals surface area contributed by atoms with Crippen LogP contribution in [0.15, 0.2) is 42.5 Å². The largest absolute Gasteiger partial charge is 0.393 e. The highest BCUT2D eigenvalue weighted by Crippen LogP contribution is 2.28. The van der Waals surface area contributed by atoms with Gasteiger partial charge in [0, 0.05) is 23.7 Å². The van der Waals surface area contributed by atoms with E-state index in [1.54, 1.807) is 12.1 Å². The second-order valence-electron chi connectivity index (χ2n) is 6.41. The minimum absolute atomic E-state index is 0.255. The minimum Gasteiger partial charge on any atom is -0.393 e. The van der Waals surface area contributed by atoms with Crippen LogP contribution in [0.2, 0.25) is 5.02 Å². The molecule has 0 saturated carbocycles. The number of benzene rings is 2. The Bertz CT molecular complexity index is 883. The molecule has 25 heavy (non-hydrogen) atoms. The number of halogens is 2. The number of hydrogen-bond donors (Lipinski definition) is 1. The van der Waals surface area contributed by atoms with Crippen molar-refractivity contribution in [1.82, 2.24) is 9.55 Å². The van der Waals surface area contributed by atoms with Crippen molar-refractivity contribution in [2.75, 3.05) is 18.0 Å². The lowest BCUT2D eigenvalue weighted by Crippen LogP contribution is -2.37. The Morgan fingerprint density at radius 1 is 1.12 bits per heavy atom. The predicted molar refractivity (Wildman–Crippen MR) is 97.7 cm³/mol. The zero-order chi connectivity index (χ0) is 17.4. The zero-order valence-corrected chi connectivity index (χ0v) is 14.5. The van der Waals surface area contributed by atoms with E-state index < -0.39 is 0 Å². The number of aliphatic hydroxyl groups excluding tert-OH is 1. The second kappa shape index (κ2) is 6.65. The number of hydrogen-bond acceptors (Lipinski definition) is 3. The smallest absolute Gasteiger partial charge is 0.206 e. The molecule has 3 aromatic rings. The van der Waals surface area contributed by atoms with E-state index in [-0.39, 0.29) is 11.9 Å². The first-order valence-corrected chi connectivity index (χ1v) is 8.82. The van der Waals surface area contributed by atoms with Crippen molar-refractivity contribution in [3.05, 3.63) is 58.9 Å². The number of aliphatic hydroxyl groups is 1. The molecular weight excluding hydrogens is 341 g/mol. The summed E-state index contributed by atoms with van der Waals surface area (Å²) in [6, 6.07) is 12.6. The van der Waals surface area contributed by atoms with Gasteiger partial charge in [0.25, 0.3) is 0 Å². The summed E-state index contributed by atoms with van der Waals surface area (Å²) in [6.07, 6.45) is 1.17. The predicted octanol–water partition coefficient (Wildman–Crippen LogP) is 3.84. The van der Waals surface area contributed by atoms with E-state index in [0.29, 0.717) is 30.0 Å². The molecule has 1 saturated heterocycles. The van der Waals surface area contributed by atoms with Crippen LogP contribution in [0.5, 0.6) is 0 Å². The number of anilines is 1. The Kier molecular flexibility index (Phi) is 4.36. The number of nitrogens with zero attached hydrogens (tertiary/aromatic N) is 3. The molecule has 0 spiro atoms. The Labute approximate surface area is 150 Å². The molecule has 1 aliphatic heterocycles. The molecule has 1 aliphatic rings. The van der Waals surface area contributed by atoms with Crippen LogP contribution in [0.1, 0.15) is 18.4 Å². The summed E-state index contributed by atoms with van der Waals surface area (Å²) in [5.41, 5.74) is 2.28. The van der Waals surface area contributed by atoms with Crippen LogP contribution in [0, 0.1) is 5.82 Å². The third-order valence-electron chi connectivity index (χ3n) is 4.76. The van der Waals surface area contributed by atoms with Gasteiger partial charge in [0.2, 0.25) is 5.95 Å². The van der Waals surface area contributed by atoms with Gasteiger partial charge in [-0.2, -0.15) is 0 Å². The maximum absolute atomic E-state index is 14.3. The minimum atomic E-state index is -0.315. The number of fused-ring (bicyclic) bond motifs is 1. The van der Waals surface area contributed by atoms with Gasteiger partial charge in [-0.25, -0.2) is 9.37 Å². The average Bonchev–Trinajstić information content (AvgIpc) is 2.97. The molecule has 0 bridgehead atoms. The topological polar surface area (TPSA) is 41.3 Å². The van der Waals surface area contributed by atoms with Crippen molar-refractivity contribution in [3.8, 4) is 0 Å². The molecule has 1 fully saturated rings. The van der Waals surface area contributed by atoms with Crippen molar-refractivity contribution in [3.63, 3.8) is 0 Å². The van der Waals surface area contributed by atoms with E-state index in [9.17, 15) is 9.50 Å². The molecule has 1 aromatic heterocycles. The fraction of sp³-hybridized carbons (Fsp3) is 0.316. The molecule has 4 nitrogen and oxygen atoms in total. The van der Waals surface area contributed by atoms with Crippen LogP contribution in [0.25, 0.3) is 11.0 Å². The summed E-state index contributed by atoms with van der Waals surface area (Å²) in [5, 5.41) is 10.2. The van der Waals surface area contributed by atoms with Gasteiger partial charge < -0.3 is 14.6 Å². The second-order valence-corrected chi connectivity index (χ2v) is 6.81. The summed E-state index contributed by atoms with van der Waals surface area (Å²) in [6.45, 7) is 1.78. The third kappa shape index (κ3) is 3.10. The van der Waals surface area contributed by atoms with Gasteiger partial charge in [0.05, 0.1) is 23.7 Å². The normalized spacial score (nSPS) is 15.9. The van der Waals surface area contributed by atoms with E-state index in [4.69, 9.17) is 16.6 Å². The number of imidazole rings is 1. The van der Waals surface area contributed by atoms with Crippen LogP contribution < -0.4 is 4.90 Å². The quantitative estimate of drug-likeness (QED) is 0.772. The fourth-order valence-corrected chi connectivity index (χ4v) is 3.59. The van der Waals surface area contributed by atoms with Crippen molar-refractivity contribution in [2.45, 2.75) is 25.5 Å². The lowest BCUT2D eigenvalue weighted by molar-refractivity contribution is 0.145. The maximum Gasteiger partial charge on any atom is 0.206 e. The molecule has 6 heteroatoms. The van der Waals surface area contributed by atoms with Gasteiger partial charge in [-0.05, 0) is 37.1 Å². The highest BCUT2D eigenvalue weighted by Gasteiger charge is 2.23. The summed E-state index contributed by atoms with van der Waals surface area (Å²) < 4.78 is 16.3. The number of para-hydroxylation sites is 2. The first kappa shape index (κ1) is 16.4. The van der Waals surface area contributed by atoms with E-state index in [2.05, 4.69) is 4.90 Å². The highest BCUT2D eigenvalue weighted by molar-refractivity contribution is 6.31. The first-order chi connectivity index (χ1) is 12.1. The van der Waals surface area contributed by atoms with Gasteiger partial charge in [0.15, 0.2) is 0 Å². The standard InChI is InChI=1S/C19H19ClFN3O/c20-15-4-3-5-16(21)14(15)12-24-18-7-2-1-6-17(18)22-19(24)23-10-8-13(25)9-11-23/h1-7,13,25H,8-12H2. The van der Waals surface area contributed by atoms with Gasteiger partial charge in [-0.3, -0.25) is 0 Å². The SMILES string of the molecule is OC1CCN(c2nc3ccccc3n2Cc2c(F)cccc2Cl)CC1. The van der Waals surface area contributed by atoms with Crippen molar-refractivity contribution in [2.24, 2.45) is 0 Å². The molecule has 2 heterocycles. The van der Waals surface area contributed by atoms with Crippen LogP contribution in [-0.2, 0) is 6.54 Å². The fourth-order valence-electron chi connectivity index (χ4n) is 3.37. The lowest BCUT2D eigenvalue weighted by atomic mass is 10.1. The van der Waals surface area contributed by atoms with E-state index in [1.807, 2.05) is 28.8 Å². The highest BCUT2D eigenvalue weighted by atomic mass is 35.5. The van der Waals surface area contributed by atoms with Crippen LogP contribution >= 0.6 is 11.6 Å². The van der Waals surface area contributed by atoms with Gasteiger partial charge >= 0.3 is 0 Å². The molecule has 0 amide bonds. The summed E-state index contributed by atoms with van der Waals surface area (Å²) >= 11 is 6.23. The van der Waals surface area contributed by atoms with E-state index in [0.717, 1.165) is 30.1 Å². The van der Waals surface area contributed by atoms with E-state index >= 15 is 0 Å². The lowest BCUT2D eigenvalue weighted by Gasteiger charge is -2.31. The Hall–Kier alpha value is -2.11. The van der Waals surface area contributed by atoms with Gasteiger partial charge in [0.1, 0.15) is 5.82 Å². The Balaban J connectivity index is 1.80. The number of piperidine rings is 1. The van der Waals surface area contributed by atoms with Gasteiger partial charge in [-0.1, -0.05) is 29.8 Å². The Morgan fingerprint density at radius 3 is 2.64 bits per heavy atom. The summed E-state index contributed by atoms with van der Waals surface area (Å²) in [7, 11) is 0. The molecular formula is C19H19ClFN3O. The van der Waals surface area contributed by atoms with Crippen LogP contribution in [0.3, 0.4) is 0 Å². The molecule has 0 atom stereocenters. The van der Waals surface area contributed by atoms with Crippen LogP contribution in [-0.4, -0.2) is 33.9 Å². The van der Waals surface area contributed by atoms with Crippen molar-refractivity contribution < 1.29 is 9.50 Å². The molecule has 2 aromatic carbocycles. The van der Waals surface area contributed by atoms with E-state index in [1.165, 1.54) is 6.07 Å². The number of aromatic nitrogens is 2. The maximum atomic E-state index is 14.3. The molecule has 130 valence electrons. The molecule has 1 N–H and O–H groups in total. The molecule has 0 unspecified atom stereocenters. The monoisotopic (exact) mass is 359 g/mol. The summed E-state index contributed by atoms with van der Waals surface area (Å²) in [4.78, 5) is 6.91.